The highest BCUT2D eigenvalue weighted by Crippen LogP contribution is 2.29. The van der Waals surface area contributed by atoms with E-state index >= 15 is 0 Å². The van der Waals surface area contributed by atoms with Crippen molar-refractivity contribution in [1.29, 1.82) is 0 Å². The molecule has 23 heavy (non-hydrogen) atoms. The van der Waals surface area contributed by atoms with E-state index in [1.807, 2.05) is 13.8 Å². The summed E-state index contributed by atoms with van der Waals surface area (Å²) in [7, 11) is 0. The highest BCUT2D eigenvalue weighted by Gasteiger charge is 2.15. The van der Waals surface area contributed by atoms with Gasteiger partial charge in [0.2, 0.25) is 5.75 Å². The Morgan fingerprint density at radius 3 is 2.87 bits per heavy atom. The molecule has 0 radical (unpaired) electrons. The Kier molecular flexibility index (Phi) is 3.92. The second-order valence-electron chi connectivity index (χ2n) is 5.27. The van der Waals surface area contributed by atoms with Crippen molar-refractivity contribution in [3.8, 4) is 17.2 Å². The van der Waals surface area contributed by atoms with E-state index in [1.54, 1.807) is 17.0 Å². The van der Waals surface area contributed by atoms with Crippen LogP contribution in [0.1, 0.15) is 25.6 Å². The Morgan fingerprint density at radius 2 is 2.13 bits per heavy atom. The standard InChI is InChI=1S/C16H15FN4O2/c1-10(2)15-19-5-6-21(15)12-7-11(17)3-4-13(12)23-14-8-18-9-20-16(14)22/h3-10H,1-2H3,(H,18,20,22). The van der Waals surface area contributed by atoms with Gasteiger partial charge in [0.15, 0.2) is 5.75 Å². The quantitative estimate of drug-likeness (QED) is 0.803. The lowest BCUT2D eigenvalue weighted by atomic mass is 10.2. The van der Waals surface area contributed by atoms with Gasteiger partial charge in [0.1, 0.15) is 11.6 Å². The lowest BCUT2D eigenvalue weighted by molar-refractivity contribution is 0.466. The molecule has 118 valence electrons. The van der Waals surface area contributed by atoms with Crippen molar-refractivity contribution in [2.45, 2.75) is 19.8 Å². The highest BCUT2D eigenvalue weighted by atomic mass is 19.1. The molecular formula is C16H15FN4O2. The summed E-state index contributed by atoms with van der Waals surface area (Å²) in [4.78, 5) is 22.3. The van der Waals surface area contributed by atoms with Crippen LogP contribution >= 0.6 is 0 Å². The van der Waals surface area contributed by atoms with Crippen LogP contribution in [0, 0.1) is 5.82 Å². The molecule has 0 aliphatic rings. The molecule has 0 spiro atoms. The molecule has 0 aliphatic heterocycles. The second kappa shape index (κ2) is 6.04. The first-order chi connectivity index (χ1) is 11.1. The first-order valence-corrected chi connectivity index (χ1v) is 7.10. The molecule has 0 saturated heterocycles. The van der Waals surface area contributed by atoms with Crippen molar-refractivity contribution in [1.82, 2.24) is 19.5 Å². The maximum atomic E-state index is 13.7. The molecule has 0 aliphatic carbocycles. The summed E-state index contributed by atoms with van der Waals surface area (Å²) in [6.07, 6.45) is 5.95. The molecule has 7 heteroatoms. The average molecular weight is 314 g/mol. The topological polar surface area (TPSA) is 72.8 Å². The summed E-state index contributed by atoms with van der Waals surface area (Å²) in [5.41, 5.74) is 0.0550. The van der Waals surface area contributed by atoms with Gasteiger partial charge in [-0.15, -0.1) is 0 Å². The lowest BCUT2D eigenvalue weighted by Gasteiger charge is -2.15. The minimum atomic E-state index is -0.412. The number of H-pyrrole nitrogens is 1. The molecule has 0 amide bonds. The summed E-state index contributed by atoms with van der Waals surface area (Å²) in [6, 6.07) is 4.09. The predicted octanol–water partition coefficient (Wildman–Crippen LogP) is 3.01. The van der Waals surface area contributed by atoms with Crippen LogP contribution < -0.4 is 10.3 Å². The van der Waals surface area contributed by atoms with Crippen molar-refractivity contribution >= 4 is 0 Å². The van der Waals surface area contributed by atoms with E-state index in [0.29, 0.717) is 11.4 Å². The van der Waals surface area contributed by atoms with Crippen molar-refractivity contribution in [3.63, 3.8) is 0 Å². The number of nitrogens with zero attached hydrogens (tertiary/aromatic N) is 3. The van der Waals surface area contributed by atoms with Gasteiger partial charge in [0.25, 0.3) is 5.56 Å². The van der Waals surface area contributed by atoms with Crippen LogP contribution in [0.4, 0.5) is 4.39 Å². The summed E-state index contributed by atoms with van der Waals surface area (Å²) in [5, 5.41) is 0. The minimum Gasteiger partial charge on any atom is -0.448 e. The summed E-state index contributed by atoms with van der Waals surface area (Å²) in [6.45, 7) is 3.98. The van der Waals surface area contributed by atoms with E-state index in [9.17, 15) is 9.18 Å². The van der Waals surface area contributed by atoms with Crippen LogP contribution in [0.25, 0.3) is 5.69 Å². The van der Waals surface area contributed by atoms with Gasteiger partial charge in [0, 0.05) is 24.4 Å². The van der Waals surface area contributed by atoms with Crippen LogP contribution in [0.2, 0.25) is 0 Å². The van der Waals surface area contributed by atoms with Crippen LogP contribution in [0.5, 0.6) is 11.5 Å². The number of rotatable bonds is 4. The molecule has 0 saturated carbocycles. The molecule has 0 bridgehead atoms. The number of imidazole rings is 1. The Morgan fingerprint density at radius 1 is 1.30 bits per heavy atom. The number of hydrogen-bond donors (Lipinski definition) is 1. The van der Waals surface area contributed by atoms with E-state index in [4.69, 9.17) is 4.74 Å². The molecule has 0 atom stereocenters. The molecule has 2 heterocycles. The van der Waals surface area contributed by atoms with Gasteiger partial charge in [0.05, 0.1) is 18.2 Å². The van der Waals surface area contributed by atoms with Crippen molar-refractivity contribution in [2.24, 2.45) is 0 Å². The zero-order valence-electron chi connectivity index (χ0n) is 12.7. The highest BCUT2D eigenvalue weighted by molar-refractivity contribution is 5.49. The van der Waals surface area contributed by atoms with Gasteiger partial charge in [-0.05, 0) is 12.1 Å². The molecule has 0 unspecified atom stereocenters. The molecule has 3 rings (SSSR count). The number of nitrogens with one attached hydrogen (secondary N) is 1. The largest absolute Gasteiger partial charge is 0.448 e. The van der Waals surface area contributed by atoms with Crippen molar-refractivity contribution in [2.75, 3.05) is 0 Å². The first kappa shape index (κ1) is 15.0. The zero-order chi connectivity index (χ0) is 16.4. The molecule has 2 aromatic heterocycles. The normalized spacial score (nSPS) is 11.0. The van der Waals surface area contributed by atoms with Crippen LogP contribution in [-0.4, -0.2) is 19.5 Å². The van der Waals surface area contributed by atoms with Crippen LogP contribution in [-0.2, 0) is 0 Å². The maximum absolute atomic E-state index is 13.7. The lowest BCUT2D eigenvalue weighted by Crippen LogP contribution is -2.10. The third kappa shape index (κ3) is 2.98. The van der Waals surface area contributed by atoms with E-state index in [1.165, 1.54) is 30.7 Å². The fourth-order valence-electron chi connectivity index (χ4n) is 2.23. The third-order valence-corrected chi connectivity index (χ3v) is 3.27. The predicted molar refractivity (Wildman–Crippen MR) is 82.5 cm³/mol. The van der Waals surface area contributed by atoms with Crippen molar-refractivity contribution < 1.29 is 9.13 Å². The maximum Gasteiger partial charge on any atom is 0.293 e. The van der Waals surface area contributed by atoms with Gasteiger partial charge in [-0.3, -0.25) is 9.36 Å². The number of benzene rings is 1. The molecular weight excluding hydrogens is 299 g/mol. The second-order valence-corrected chi connectivity index (χ2v) is 5.27. The zero-order valence-corrected chi connectivity index (χ0v) is 12.7. The number of hydrogen-bond acceptors (Lipinski definition) is 4. The Labute approximate surface area is 131 Å². The summed E-state index contributed by atoms with van der Waals surface area (Å²) >= 11 is 0. The average Bonchev–Trinajstić information content (AvgIpc) is 3.01. The first-order valence-electron chi connectivity index (χ1n) is 7.10. The number of halogens is 1. The van der Waals surface area contributed by atoms with E-state index in [0.717, 1.165) is 5.82 Å². The number of ether oxygens (including phenoxy) is 1. The van der Waals surface area contributed by atoms with Gasteiger partial charge in [-0.1, -0.05) is 13.8 Å². The van der Waals surface area contributed by atoms with Gasteiger partial charge < -0.3 is 9.72 Å². The number of aromatic nitrogens is 4. The third-order valence-electron chi connectivity index (χ3n) is 3.27. The van der Waals surface area contributed by atoms with Gasteiger partial charge >= 0.3 is 0 Å². The fraction of sp³-hybridized carbons (Fsp3) is 0.188. The molecule has 3 aromatic rings. The summed E-state index contributed by atoms with van der Waals surface area (Å²) in [5.74, 6) is 0.871. The molecule has 0 fully saturated rings. The Balaban J connectivity index is 2.10. The van der Waals surface area contributed by atoms with E-state index in [-0.39, 0.29) is 11.7 Å². The van der Waals surface area contributed by atoms with Crippen LogP contribution in [0.3, 0.4) is 0 Å². The molecule has 1 N–H and O–H groups in total. The molecule has 6 nitrogen and oxygen atoms in total. The summed E-state index contributed by atoms with van der Waals surface area (Å²) < 4.78 is 21.1. The van der Waals surface area contributed by atoms with E-state index in [2.05, 4.69) is 15.0 Å². The SMILES string of the molecule is CC(C)c1nccn1-c1cc(F)ccc1Oc1cnc[nH]c1=O. The monoisotopic (exact) mass is 314 g/mol. The van der Waals surface area contributed by atoms with Crippen LogP contribution in [0.15, 0.2) is 47.9 Å². The number of aromatic amines is 1. The molecule has 1 aromatic carbocycles. The van der Waals surface area contributed by atoms with E-state index < -0.39 is 11.4 Å². The Bertz CT molecular complexity index is 886. The Hall–Kier alpha value is -2.96. The smallest absolute Gasteiger partial charge is 0.293 e. The minimum absolute atomic E-state index is 0.0339. The van der Waals surface area contributed by atoms with Crippen molar-refractivity contribution in [3.05, 3.63) is 65.1 Å². The van der Waals surface area contributed by atoms with Gasteiger partial charge in [-0.25, -0.2) is 14.4 Å². The fourth-order valence-corrected chi connectivity index (χ4v) is 2.23. The van der Waals surface area contributed by atoms with Gasteiger partial charge in [-0.2, -0.15) is 0 Å².